The molecule has 15 heavy (non-hydrogen) atoms. The number of likely N-dealkylation sites (tertiary alicyclic amines) is 1. The second kappa shape index (κ2) is 5.37. The van der Waals surface area contributed by atoms with Crippen LogP contribution in [0, 0.1) is 0 Å². The predicted molar refractivity (Wildman–Crippen MR) is 65.0 cm³/mol. The van der Waals surface area contributed by atoms with Crippen LogP contribution in [0.15, 0.2) is 23.4 Å². The highest BCUT2D eigenvalue weighted by atomic mass is 32.2. The van der Waals surface area contributed by atoms with Gasteiger partial charge in [-0.1, -0.05) is 0 Å². The highest BCUT2D eigenvalue weighted by Gasteiger charge is 2.10. The Morgan fingerprint density at radius 2 is 2.13 bits per heavy atom. The maximum absolute atomic E-state index is 5.57. The minimum atomic E-state index is 0.735. The van der Waals surface area contributed by atoms with Crippen LogP contribution in [0.5, 0.6) is 0 Å². The first-order valence-corrected chi connectivity index (χ1v) is 6.40. The molecule has 2 rings (SSSR count). The molecule has 82 valence electrons. The first-order chi connectivity index (χ1) is 7.34. The maximum Gasteiger partial charge on any atom is 0.0961 e. The van der Waals surface area contributed by atoms with Gasteiger partial charge in [-0.2, -0.15) is 0 Å². The predicted octanol–water partition coefficient (Wildman–Crippen LogP) is 1.85. The molecule has 2 heterocycles. The van der Waals surface area contributed by atoms with Crippen molar-refractivity contribution in [2.24, 2.45) is 0 Å². The zero-order valence-corrected chi connectivity index (χ0v) is 9.67. The lowest BCUT2D eigenvalue weighted by atomic mass is 10.4. The van der Waals surface area contributed by atoms with Crippen LogP contribution in [-0.2, 0) is 0 Å². The fourth-order valence-electron chi connectivity index (χ4n) is 1.76. The number of nitrogen functional groups attached to an aromatic ring is 1. The molecule has 0 saturated carbocycles. The Balaban J connectivity index is 1.71. The van der Waals surface area contributed by atoms with E-state index in [2.05, 4.69) is 9.88 Å². The number of nitrogens with two attached hydrogens (primary N) is 1. The Morgan fingerprint density at radius 1 is 1.33 bits per heavy atom. The number of thioether (sulfide) groups is 1. The fraction of sp³-hybridized carbons (Fsp3) is 0.545. The lowest BCUT2D eigenvalue weighted by Crippen LogP contribution is -2.21. The molecule has 1 aliphatic heterocycles. The highest BCUT2D eigenvalue weighted by Crippen LogP contribution is 2.17. The second-order valence-electron chi connectivity index (χ2n) is 3.83. The van der Waals surface area contributed by atoms with Crippen molar-refractivity contribution in [3.8, 4) is 0 Å². The van der Waals surface area contributed by atoms with E-state index in [1.54, 1.807) is 6.20 Å². The van der Waals surface area contributed by atoms with Crippen LogP contribution >= 0.6 is 11.8 Å². The van der Waals surface area contributed by atoms with E-state index < -0.39 is 0 Å². The fourth-order valence-corrected chi connectivity index (χ4v) is 2.61. The molecule has 3 nitrogen and oxygen atoms in total. The van der Waals surface area contributed by atoms with Crippen LogP contribution in [-0.4, -0.2) is 35.3 Å². The summed E-state index contributed by atoms with van der Waals surface area (Å²) in [7, 11) is 0. The van der Waals surface area contributed by atoms with Crippen molar-refractivity contribution >= 4 is 17.4 Å². The normalized spacial score (nSPS) is 17.1. The molecule has 1 aromatic rings. The van der Waals surface area contributed by atoms with Crippen molar-refractivity contribution in [2.75, 3.05) is 31.1 Å². The molecule has 1 aromatic heterocycles. The van der Waals surface area contributed by atoms with E-state index in [0.717, 1.165) is 16.5 Å². The number of pyridine rings is 1. The Labute approximate surface area is 95.1 Å². The average molecular weight is 223 g/mol. The number of aromatic nitrogens is 1. The molecule has 0 aliphatic carbocycles. The lowest BCUT2D eigenvalue weighted by Gasteiger charge is -2.13. The molecule has 1 aliphatic rings. The first-order valence-electron chi connectivity index (χ1n) is 5.41. The van der Waals surface area contributed by atoms with Gasteiger partial charge in [0.15, 0.2) is 0 Å². The van der Waals surface area contributed by atoms with Crippen LogP contribution in [0.3, 0.4) is 0 Å². The quantitative estimate of drug-likeness (QED) is 0.791. The van der Waals surface area contributed by atoms with E-state index in [1.165, 1.54) is 32.5 Å². The monoisotopic (exact) mass is 223 g/mol. The van der Waals surface area contributed by atoms with Gasteiger partial charge in [-0.05, 0) is 38.1 Å². The summed E-state index contributed by atoms with van der Waals surface area (Å²) in [6, 6.07) is 3.90. The zero-order chi connectivity index (χ0) is 10.5. The Morgan fingerprint density at radius 3 is 2.80 bits per heavy atom. The molecular formula is C11H17N3S. The van der Waals surface area contributed by atoms with E-state index in [-0.39, 0.29) is 0 Å². The standard InChI is InChI=1S/C11H17N3S/c12-10-3-4-11(13-9-10)15-8-7-14-5-1-2-6-14/h3-4,9H,1-2,5-8,12H2. The molecule has 0 spiro atoms. The van der Waals surface area contributed by atoms with Crippen LogP contribution in [0.4, 0.5) is 5.69 Å². The second-order valence-corrected chi connectivity index (χ2v) is 4.94. The molecule has 4 heteroatoms. The summed E-state index contributed by atoms with van der Waals surface area (Å²) in [6.07, 6.45) is 4.45. The Bertz CT molecular complexity index is 293. The summed E-state index contributed by atoms with van der Waals surface area (Å²) in [5.41, 5.74) is 6.31. The van der Waals surface area contributed by atoms with Crippen molar-refractivity contribution in [3.05, 3.63) is 18.3 Å². The smallest absolute Gasteiger partial charge is 0.0961 e. The van der Waals surface area contributed by atoms with Gasteiger partial charge >= 0.3 is 0 Å². The summed E-state index contributed by atoms with van der Waals surface area (Å²) in [6.45, 7) is 3.72. The van der Waals surface area contributed by atoms with Crippen molar-refractivity contribution in [2.45, 2.75) is 17.9 Å². The third-order valence-corrected chi connectivity index (χ3v) is 3.54. The van der Waals surface area contributed by atoms with Gasteiger partial charge in [-0.3, -0.25) is 0 Å². The average Bonchev–Trinajstić information content (AvgIpc) is 2.74. The molecular weight excluding hydrogens is 206 g/mol. The molecule has 0 aromatic carbocycles. The Hall–Kier alpha value is -0.740. The Kier molecular flexibility index (Phi) is 3.86. The molecule has 0 atom stereocenters. The topological polar surface area (TPSA) is 42.1 Å². The number of hydrogen-bond donors (Lipinski definition) is 1. The SMILES string of the molecule is Nc1ccc(SCCN2CCCC2)nc1. The van der Waals surface area contributed by atoms with Crippen molar-refractivity contribution in [1.29, 1.82) is 0 Å². The van der Waals surface area contributed by atoms with Crippen molar-refractivity contribution in [3.63, 3.8) is 0 Å². The van der Waals surface area contributed by atoms with Gasteiger partial charge in [0, 0.05) is 12.3 Å². The molecule has 1 saturated heterocycles. The van der Waals surface area contributed by atoms with Gasteiger partial charge in [0.25, 0.3) is 0 Å². The molecule has 0 amide bonds. The summed E-state index contributed by atoms with van der Waals surface area (Å²) >= 11 is 1.81. The minimum Gasteiger partial charge on any atom is -0.397 e. The van der Waals surface area contributed by atoms with E-state index in [1.807, 2.05) is 23.9 Å². The van der Waals surface area contributed by atoms with Gasteiger partial charge in [-0.15, -0.1) is 11.8 Å². The van der Waals surface area contributed by atoms with E-state index >= 15 is 0 Å². The lowest BCUT2D eigenvalue weighted by molar-refractivity contribution is 0.362. The molecule has 1 fully saturated rings. The summed E-state index contributed by atoms with van der Waals surface area (Å²) in [5.74, 6) is 1.12. The van der Waals surface area contributed by atoms with Crippen molar-refractivity contribution in [1.82, 2.24) is 9.88 Å². The summed E-state index contributed by atoms with van der Waals surface area (Å²) in [4.78, 5) is 6.78. The van der Waals surface area contributed by atoms with Gasteiger partial charge in [-0.25, -0.2) is 4.98 Å². The first kappa shape index (κ1) is 10.8. The van der Waals surface area contributed by atoms with Crippen LogP contribution < -0.4 is 5.73 Å². The third kappa shape index (κ3) is 3.39. The van der Waals surface area contributed by atoms with E-state index in [9.17, 15) is 0 Å². The minimum absolute atomic E-state index is 0.735. The highest BCUT2D eigenvalue weighted by molar-refractivity contribution is 7.99. The molecule has 2 N–H and O–H groups in total. The molecule has 0 bridgehead atoms. The van der Waals surface area contributed by atoms with E-state index in [0.29, 0.717) is 0 Å². The number of rotatable bonds is 4. The van der Waals surface area contributed by atoms with Crippen LogP contribution in [0.25, 0.3) is 0 Å². The van der Waals surface area contributed by atoms with Gasteiger partial charge in [0.2, 0.25) is 0 Å². The van der Waals surface area contributed by atoms with Gasteiger partial charge < -0.3 is 10.6 Å². The summed E-state index contributed by atoms with van der Waals surface area (Å²) < 4.78 is 0. The number of hydrogen-bond acceptors (Lipinski definition) is 4. The molecule has 0 unspecified atom stereocenters. The third-order valence-electron chi connectivity index (χ3n) is 2.62. The van der Waals surface area contributed by atoms with Crippen LogP contribution in [0.1, 0.15) is 12.8 Å². The zero-order valence-electron chi connectivity index (χ0n) is 8.85. The van der Waals surface area contributed by atoms with Gasteiger partial charge in [0.05, 0.1) is 16.9 Å². The summed E-state index contributed by atoms with van der Waals surface area (Å²) in [5, 5.41) is 1.07. The van der Waals surface area contributed by atoms with Crippen molar-refractivity contribution < 1.29 is 0 Å². The van der Waals surface area contributed by atoms with E-state index in [4.69, 9.17) is 5.73 Å². The number of nitrogens with zero attached hydrogens (tertiary/aromatic N) is 2. The van der Waals surface area contributed by atoms with Crippen LogP contribution in [0.2, 0.25) is 0 Å². The van der Waals surface area contributed by atoms with Gasteiger partial charge in [0.1, 0.15) is 0 Å². The largest absolute Gasteiger partial charge is 0.397 e. The maximum atomic E-state index is 5.57. The molecule has 0 radical (unpaired) electrons. The number of anilines is 1.